The molecule has 2 aromatic carbocycles. The van der Waals surface area contributed by atoms with Crippen LogP contribution in [0.3, 0.4) is 0 Å². The number of rotatable bonds is 4. The number of aryl methyl sites for hydroxylation is 1. The molecule has 160 valence electrons. The van der Waals surface area contributed by atoms with Gasteiger partial charge < -0.3 is 11.1 Å². The molecule has 0 amide bonds. The second-order valence-electron chi connectivity index (χ2n) is 7.68. The van der Waals surface area contributed by atoms with E-state index >= 15 is 0 Å². The Morgan fingerprint density at radius 3 is 2.16 bits per heavy atom. The van der Waals surface area contributed by atoms with Gasteiger partial charge in [0.15, 0.2) is 0 Å². The summed E-state index contributed by atoms with van der Waals surface area (Å²) in [6, 6.07) is 14.9. The van der Waals surface area contributed by atoms with E-state index in [-0.39, 0.29) is 5.95 Å². The summed E-state index contributed by atoms with van der Waals surface area (Å²) in [7, 11) is 0. The molecule has 4 nitrogen and oxygen atoms in total. The van der Waals surface area contributed by atoms with Crippen LogP contribution in [0, 0.1) is 18.8 Å². The maximum Gasteiger partial charge on any atom is 0.416 e. The number of nitrogens with two attached hydrogens (primary N) is 1. The highest BCUT2D eigenvalue weighted by Crippen LogP contribution is 2.31. The summed E-state index contributed by atoms with van der Waals surface area (Å²) in [5.74, 6) is 6.93. The van der Waals surface area contributed by atoms with Crippen LogP contribution >= 0.6 is 0 Å². The smallest absolute Gasteiger partial charge is 0.368 e. The summed E-state index contributed by atoms with van der Waals surface area (Å²) >= 11 is 0. The molecule has 1 aromatic heterocycles. The highest BCUT2D eigenvalue weighted by Gasteiger charge is 2.30. The van der Waals surface area contributed by atoms with Crippen LogP contribution in [0.2, 0.25) is 0 Å². The van der Waals surface area contributed by atoms with E-state index in [1.165, 1.54) is 12.1 Å². The van der Waals surface area contributed by atoms with Gasteiger partial charge in [0.2, 0.25) is 5.95 Å². The van der Waals surface area contributed by atoms with E-state index in [2.05, 4.69) is 27.1 Å². The quantitative estimate of drug-likeness (QED) is 0.556. The molecule has 0 radical (unpaired) electrons. The van der Waals surface area contributed by atoms with Crippen molar-refractivity contribution in [3.63, 3.8) is 0 Å². The summed E-state index contributed by atoms with van der Waals surface area (Å²) in [5, 5.41) is 3.25. The first-order chi connectivity index (χ1) is 14.6. The monoisotopic (exact) mass is 424 g/mol. The highest BCUT2D eigenvalue weighted by molar-refractivity contribution is 5.59. The SMILES string of the molecule is Cc1nc(N)nc(NCc2ccccc2)c1C#CC(C)(C)c1ccc(C(F)(F)F)cc1. The highest BCUT2D eigenvalue weighted by atomic mass is 19.4. The standard InChI is InChI=1S/C24H23F3N4/c1-16-20(21(31-22(28)30-16)29-15-17-7-5-4-6-8-17)13-14-23(2,3)18-9-11-19(12-10-18)24(25,26)27/h4-12H,15H2,1-3H3,(H3,28,29,30,31). The summed E-state index contributed by atoms with van der Waals surface area (Å²) in [4.78, 5) is 8.49. The van der Waals surface area contributed by atoms with Crippen molar-refractivity contribution < 1.29 is 13.2 Å². The first-order valence-electron chi connectivity index (χ1n) is 9.69. The van der Waals surface area contributed by atoms with E-state index in [1.807, 2.05) is 44.2 Å². The fraction of sp³-hybridized carbons (Fsp3) is 0.250. The van der Waals surface area contributed by atoms with E-state index in [4.69, 9.17) is 5.73 Å². The minimum absolute atomic E-state index is 0.139. The number of hydrogen-bond acceptors (Lipinski definition) is 4. The second-order valence-corrected chi connectivity index (χ2v) is 7.68. The van der Waals surface area contributed by atoms with Crippen molar-refractivity contribution in [2.24, 2.45) is 0 Å². The Labute approximate surface area is 179 Å². The fourth-order valence-electron chi connectivity index (χ4n) is 3.02. The van der Waals surface area contributed by atoms with Gasteiger partial charge in [0.1, 0.15) is 5.82 Å². The Hall–Kier alpha value is -3.53. The number of alkyl halides is 3. The molecule has 0 saturated carbocycles. The van der Waals surface area contributed by atoms with Crippen molar-refractivity contribution in [2.45, 2.75) is 38.9 Å². The lowest BCUT2D eigenvalue weighted by Gasteiger charge is -2.19. The zero-order valence-electron chi connectivity index (χ0n) is 17.5. The number of halogens is 3. The maximum atomic E-state index is 12.8. The molecule has 0 aliphatic carbocycles. The number of benzene rings is 2. The van der Waals surface area contributed by atoms with Gasteiger partial charge in [-0.2, -0.15) is 18.2 Å². The number of aromatic nitrogens is 2. The van der Waals surface area contributed by atoms with Crippen molar-refractivity contribution in [3.8, 4) is 11.8 Å². The van der Waals surface area contributed by atoms with Gasteiger partial charge in [0.25, 0.3) is 0 Å². The van der Waals surface area contributed by atoms with Crippen LogP contribution in [0.1, 0.15) is 41.8 Å². The molecule has 0 aliphatic rings. The molecule has 3 aromatic rings. The maximum absolute atomic E-state index is 12.8. The molecule has 3 N–H and O–H groups in total. The lowest BCUT2D eigenvalue weighted by Crippen LogP contribution is -2.15. The van der Waals surface area contributed by atoms with Crippen LogP contribution in [0.25, 0.3) is 0 Å². The van der Waals surface area contributed by atoms with E-state index < -0.39 is 17.2 Å². The van der Waals surface area contributed by atoms with Gasteiger partial charge >= 0.3 is 6.18 Å². The molecule has 0 aliphatic heterocycles. The van der Waals surface area contributed by atoms with Gasteiger partial charge in [-0.05, 0) is 44.0 Å². The summed E-state index contributed by atoms with van der Waals surface area (Å²) in [6.45, 7) is 6.04. The summed E-state index contributed by atoms with van der Waals surface area (Å²) < 4.78 is 38.5. The average molecular weight is 424 g/mol. The van der Waals surface area contributed by atoms with Crippen LogP contribution in [-0.2, 0) is 18.1 Å². The Morgan fingerprint density at radius 2 is 1.55 bits per heavy atom. The number of nitrogens with one attached hydrogen (secondary N) is 1. The summed E-state index contributed by atoms with van der Waals surface area (Å²) in [6.07, 6.45) is -4.37. The molecule has 0 saturated heterocycles. The van der Waals surface area contributed by atoms with Gasteiger partial charge in [-0.1, -0.05) is 54.3 Å². The van der Waals surface area contributed by atoms with E-state index in [0.29, 0.717) is 29.2 Å². The second kappa shape index (κ2) is 8.68. The Morgan fingerprint density at radius 1 is 0.935 bits per heavy atom. The van der Waals surface area contributed by atoms with Crippen LogP contribution in [0.5, 0.6) is 0 Å². The van der Waals surface area contributed by atoms with E-state index in [1.54, 1.807) is 6.92 Å². The number of nitrogen functional groups attached to an aromatic ring is 1. The Kier molecular flexibility index (Phi) is 6.21. The largest absolute Gasteiger partial charge is 0.416 e. The molecule has 7 heteroatoms. The summed E-state index contributed by atoms with van der Waals surface area (Å²) in [5.41, 5.74) is 7.42. The fourth-order valence-corrected chi connectivity index (χ4v) is 3.02. The number of nitrogens with zero attached hydrogens (tertiary/aromatic N) is 2. The lowest BCUT2D eigenvalue weighted by atomic mass is 9.84. The van der Waals surface area contributed by atoms with Crippen molar-refractivity contribution in [1.29, 1.82) is 0 Å². The van der Waals surface area contributed by atoms with Gasteiger partial charge in [0.05, 0.1) is 22.2 Å². The average Bonchev–Trinajstić information content (AvgIpc) is 2.71. The van der Waals surface area contributed by atoms with E-state index in [0.717, 1.165) is 17.7 Å². The van der Waals surface area contributed by atoms with Crippen LogP contribution in [0.15, 0.2) is 54.6 Å². The molecular formula is C24H23F3N4. The molecular weight excluding hydrogens is 401 g/mol. The third-order valence-corrected chi connectivity index (χ3v) is 4.84. The molecule has 0 bridgehead atoms. The molecule has 0 fully saturated rings. The zero-order valence-corrected chi connectivity index (χ0v) is 17.5. The van der Waals surface area contributed by atoms with E-state index in [9.17, 15) is 13.2 Å². The lowest BCUT2D eigenvalue weighted by molar-refractivity contribution is -0.137. The molecule has 1 heterocycles. The molecule has 0 atom stereocenters. The minimum Gasteiger partial charge on any atom is -0.368 e. The van der Waals surface area contributed by atoms with Crippen LogP contribution in [0.4, 0.5) is 24.9 Å². The Bertz CT molecular complexity index is 1110. The third-order valence-electron chi connectivity index (χ3n) is 4.84. The molecule has 3 rings (SSSR count). The van der Waals surface area contributed by atoms with Crippen molar-refractivity contribution in [3.05, 3.63) is 82.5 Å². The minimum atomic E-state index is -4.37. The normalized spacial score (nSPS) is 11.5. The number of anilines is 2. The van der Waals surface area contributed by atoms with Crippen molar-refractivity contribution >= 4 is 11.8 Å². The molecule has 0 unspecified atom stereocenters. The topological polar surface area (TPSA) is 63.8 Å². The predicted octanol–water partition coefficient (Wildman–Crippen LogP) is 5.33. The van der Waals surface area contributed by atoms with Crippen LogP contribution < -0.4 is 11.1 Å². The van der Waals surface area contributed by atoms with Gasteiger partial charge in [-0.15, -0.1) is 0 Å². The van der Waals surface area contributed by atoms with Gasteiger partial charge in [0, 0.05) is 6.54 Å². The molecule has 0 spiro atoms. The predicted molar refractivity (Wildman–Crippen MR) is 116 cm³/mol. The third kappa shape index (κ3) is 5.54. The Balaban J connectivity index is 1.89. The zero-order chi connectivity index (χ0) is 22.6. The first kappa shape index (κ1) is 22.2. The van der Waals surface area contributed by atoms with Crippen LogP contribution in [-0.4, -0.2) is 9.97 Å². The first-order valence-corrected chi connectivity index (χ1v) is 9.69. The van der Waals surface area contributed by atoms with Gasteiger partial charge in [-0.3, -0.25) is 0 Å². The van der Waals surface area contributed by atoms with Gasteiger partial charge in [-0.25, -0.2) is 4.98 Å². The van der Waals surface area contributed by atoms with Crippen molar-refractivity contribution in [2.75, 3.05) is 11.1 Å². The number of hydrogen-bond donors (Lipinski definition) is 2. The molecule has 31 heavy (non-hydrogen) atoms. The van der Waals surface area contributed by atoms with Crippen molar-refractivity contribution in [1.82, 2.24) is 9.97 Å².